The summed E-state index contributed by atoms with van der Waals surface area (Å²) in [6, 6.07) is 4.87. The summed E-state index contributed by atoms with van der Waals surface area (Å²) in [5.74, 6) is -0.229. The number of ether oxygens (including phenoxy) is 1. The topological polar surface area (TPSA) is 108 Å². The predicted octanol–water partition coefficient (Wildman–Crippen LogP) is 1.18. The number of likely N-dealkylation sites (tertiary alicyclic amines) is 1. The number of nitro benzene ring substituents is 1. The highest BCUT2D eigenvalue weighted by Gasteiger charge is 2.42. The third-order valence-corrected chi connectivity index (χ3v) is 7.67. The molecule has 4 heterocycles. The summed E-state index contributed by atoms with van der Waals surface area (Å²) in [6.45, 7) is 5.29. The van der Waals surface area contributed by atoms with Crippen molar-refractivity contribution in [2.45, 2.75) is 44.2 Å². The third kappa shape index (κ3) is 4.74. The number of anilines is 1. The minimum atomic E-state index is -0.388. The molecule has 0 saturated carbocycles. The van der Waals surface area contributed by atoms with Crippen LogP contribution < -0.4 is 10.2 Å². The molecule has 3 saturated heterocycles. The van der Waals surface area contributed by atoms with Crippen LogP contribution in [0.25, 0.3) is 0 Å². The summed E-state index contributed by atoms with van der Waals surface area (Å²) < 4.78 is 5.65. The number of hydrogen-bond donors (Lipinski definition) is 1. The Bertz CT molecular complexity index is 944. The minimum absolute atomic E-state index is 0.0459. The Labute approximate surface area is 199 Å². The zero-order valence-electron chi connectivity index (χ0n) is 19.5. The van der Waals surface area contributed by atoms with Gasteiger partial charge in [-0.3, -0.25) is 24.6 Å². The second-order valence-corrected chi connectivity index (χ2v) is 9.84. The van der Waals surface area contributed by atoms with Crippen molar-refractivity contribution < 1.29 is 19.2 Å². The number of fused-ring (bicyclic) bond motifs is 3. The van der Waals surface area contributed by atoms with E-state index in [1.165, 1.54) is 6.07 Å². The SMILES string of the molecule is O=C(NC[C@@H]1CCCO1)[C@@H]1Cc2cc([N+](=O)[O-])ccc2N2CCN(CC(=O)N3CCCC3)C[C@@H]12. The molecular weight excluding hydrogens is 438 g/mol. The lowest BCUT2D eigenvalue weighted by molar-refractivity contribution is -0.384. The molecule has 5 rings (SSSR count). The molecule has 0 radical (unpaired) electrons. The number of benzene rings is 1. The van der Waals surface area contributed by atoms with Gasteiger partial charge in [0.25, 0.3) is 5.69 Å². The van der Waals surface area contributed by atoms with Gasteiger partial charge < -0.3 is 19.9 Å². The lowest BCUT2D eigenvalue weighted by Crippen LogP contribution is -2.62. The number of carbonyl (C=O) groups is 2. The molecule has 4 aliphatic heterocycles. The van der Waals surface area contributed by atoms with Gasteiger partial charge in [0.15, 0.2) is 0 Å². The summed E-state index contributed by atoms with van der Waals surface area (Å²) >= 11 is 0. The van der Waals surface area contributed by atoms with Crippen LogP contribution in [0.2, 0.25) is 0 Å². The molecule has 0 aliphatic carbocycles. The van der Waals surface area contributed by atoms with E-state index in [4.69, 9.17) is 4.74 Å². The number of non-ortho nitro benzene ring substituents is 1. The van der Waals surface area contributed by atoms with Gasteiger partial charge in [0.2, 0.25) is 11.8 Å². The van der Waals surface area contributed by atoms with Gasteiger partial charge in [-0.1, -0.05) is 0 Å². The van der Waals surface area contributed by atoms with Gasteiger partial charge >= 0.3 is 0 Å². The second kappa shape index (κ2) is 9.87. The van der Waals surface area contributed by atoms with Crippen molar-refractivity contribution in [3.8, 4) is 0 Å². The Morgan fingerprint density at radius 3 is 2.71 bits per heavy atom. The Hall–Kier alpha value is -2.72. The van der Waals surface area contributed by atoms with Crippen LogP contribution in [0.15, 0.2) is 18.2 Å². The van der Waals surface area contributed by atoms with Gasteiger partial charge in [0, 0.05) is 63.7 Å². The van der Waals surface area contributed by atoms with Gasteiger partial charge in [-0.25, -0.2) is 0 Å². The lowest BCUT2D eigenvalue weighted by Gasteiger charge is -2.49. The first-order valence-electron chi connectivity index (χ1n) is 12.4. The van der Waals surface area contributed by atoms with Crippen LogP contribution in [0.3, 0.4) is 0 Å². The fourth-order valence-electron chi connectivity index (χ4n) is 5.83. The van der Waals surface area contributed by atoms with Crippen molar-refractivity contribution in [3.63, 3.8) is 0 Å². The Morgan fingerprint density at radius 1 is 1.15 bits per heavy atom. The molecule has 3 fully saturated rings. The number of nitrogens with zero attached hydrogens (tertiary/aromatic N) is 4. The van der Waals surface area contributed by atoms with E-state index >= 15 is 0 Å². The number of nitro groups is 1. The molecule has 1 aromatic carbocycles. The van der Waals surface area contributed by atoms with Crippen LogP contribution >= 0.6 is 0 Å². The molecular formula is C24H33N5O5. The Morgan fingerprint density at radius 2 is 1.97 bits per heavy atom. The van der Waals surface area contributed by atoms with Crippen LogP contribution in [0, 0.1) is 16.0 Å². The molecule has 0 unspecified atom stereocenters. The van der Waals surface area contributed by atoms with Crippen molar-refractivity contribution in [1.29, 1.82) is 0 Å². The molecule has 2 amide bonds. The number of nitrogens with one attached hydrogen (secondary N) is 1. The van der Waals surface area contributed by atoms with E-state index in [-0.39, 0.29) is 40.5 Å². The molecule has 0 spiro atoms. The van der Waals surface area contributed by atoms with E-state index in [2.05, 4.69) is 15.1 Å². The summed E-state index contributed by atoms with van der Waals surface area (Å²) in [4.78, 5) is 43.4. The zero-order chi connectivity index (χ0) is 23.7. The lowest BCUT2D eigenvalue weighted by atomic mass is 9.83. The van der Waals surface area contributed by atoms with Gasteiger partial charge in [-0.05, 0) is 43.7 Å². The first-order chi connectivity index (χ1) is 16.5. The maximum absolute atomic E-state index is 13.4. The van der Waals surface area contributed by atoms with Gasteiger partial charge in [0.05, 0.1) is 29.5 Å². The average Bonchev–Trinajstić information content (AvgIpc) is 3.56. The predicted molar refractivity (Wildman–Crippen MR) is 126 cm³/mol. The molecule has 10 nitrogen and oxygen atoms in total. The number of carbonyl (C=O) groups excluding carboxylic acids is 2. The van der Waals surface area contributed by atoms with Crippen molar-refractivity contribution in [2.24, 2.45) is 5.92 Å². The van der Waals surface area contributed by atoms with Crippen molar-refractivity contribution in [2.75, 3.05) is 57.3 Å². The van der Waals surface area contributed by atoms with Gasteiger partial charge in [-0.2, -0.15) is 0 Å². The number of hydrogen-bond acceptors (Lipinski definition) is 7. The first kappa shape index (κ1) is 23.0. The molecule has 0 aromatic heterocycles. The van der Waals surface area contributed by atoms with E-state index in [1.807, 2.05) is 11.0 Å². The quantitative estimate of drug-likeness (QED) is 0.490. The average molecular weight is 472 g/mol. The standard InChI is InChI=1S/C24H33N5O5/c30-23(27-7-1-2-8-27)16-26-9-10-28-21-6-5-18(29(32)33)12-17(21)13-20(22(28)15-26)24(31)25-14-19-4-3-11-34-19/h5-6,12,19-20,22H,1-4,7-11,13-16H2,(H,25,31)/t19-,20+,22-/m0/s1. The van der Waals surface area contributed by atoms with E-state index in [0.29, 0.717) is 32.6 Å². The van der Waals surface area contributed by atoms with E-state index in [9.17, 15) is 19.7 Å². The van der Waals surface area contributed by atoms with Crippen LogP contribution in [0.1, 0.15) is 31.2 Å². The third-order valence-electron chi connectivity index (χ3n) is 7.67. The fraction of sp³-hybridized carbons (Fsp3) is 0.667. The van der Waals surface area contributed by atoms with Crippen LogP contribution in [0.5, 0.6) is 0 Å². The van der Waals surface area contributed by atoms with Gasteiger partial charge in [0.1, 0.15) is 0 Å². The molecule has 1 N–H and O–H groups in total. The van der Waals surface area contributed by atoms with Gasteiger partial charge in [-0.15, -0.1) is 0 Å². The molecule has 4 aliphatic rings. The molecule has 3 atom stereocenters. The molecule has 184 valence electrons. The highest BCUT2D eigenvalue weighted by atomic mass is 16.6. The highest BCUT2D eigenvalue weighted by molar-refractivity contribution is 5.82. The van der Waals surface area contributed by atoms with E-state index < -0.39 is 0 Å². The first-order valence-corrected chi connectivity index (χ1v) is 12.4. The molecule has 34 heavy (non-hydrogen) atoms. The highest BCUT2D eigenvalue weighted by Crippen LogP contribution is 2.38. The van der Waals surface area contributed by atoms with Crippen molar-refractivity contribution in [3.05, 3.63) is 33.9 Å². The van der Waals surface area contributed by atoms with Crippen LogP contribution in [0.4, 0.5) is 11.4 Å². The maximum Gasteiger partial charge on any atom is 0.269 e. The Balaban J connectivity index is 1.34. The number of rotatable bonds is 6. The number of amides is 2. The van der Waals surface area contributed by atoms with Crippen LogP contribution in [-0.4, -0.2) is 91.1 Å². The number of piperazine rings is 1. The molecule has 1 aromatic rings. The van der Waals surface area contributed by atoms with Crippen molar-refractivity contribution >= 4 is 23.2 Å². The van der Waals surface area contributed by atoms with E-state index in [1.54, 1.807) is 6.07 Å². The maximum atomic E-state index is 13.4. The van der Waals surface area contributed by atoms with E-state index in [0.717, 1.165) is 63.2 Å². The fourth-order valence-corrected chi connectivity index (χ4v) is 5.83. The second-order valence-electron chi connectivity index (χ2n) is 9.84. The summed E-state index contributed by atoms with van der Waals surface area (Å²) in [5, 5.41) is 14.4. The minimum Gasteiger partial charge on any atom is -0.376 e. The summed E-state index contributed by atoms with van der Waals surface area (Å²) in [5.41, 5.74) is 1.85. The zero-order valence-corrected chi connectivity index (χ0v) is 19.5. The molecule has 10 heteroatoms. The van der Waals surface area contributed by atoms with Crippen molar-refractivity contribution in [1.82, 2.24) is 15.1 Å². The Kier molecular flexibility index (Phi) is 6.69. The van der Waals surface area contributed by atoms with Crippen LogP contribution in [-0.2, 0) is 20.7 Å². The summed E-state index contributed by atoms with van der Waals surface area (Å²) in [7, 11) is 0. The normalized spacial score (nSPS) is 26.8. The molecule has 0 bridgehead atoms. The largest absolute Gasteiger partial charge is 0.376 e. The smallest absolute Gasteiger partial charge is 0.269 e. The summed E-state index contributed by atoms with van der Waals surface area (Å²) in [6.07, 6.45) is 4.59. The monoisotopic (exact) mass is 471 g/mol.